The number of morpholine rings is 1. The van der Waals surface area contributed by atoms with E-state index in [9.17, 15) is 14.9 Å². The molecule has 1 aliphatic rings. The maximum absolute atomic E-state index is 11.2. The molecule has 1 amide bonds. The second-order valence-corrected chi connectivity index (χ2v) is 4.99. The van der Waals surface area contributed by atoms with Gasteiger partial charge in [0.15, 0.2) is 0 Å². The van der Waals surface area contributed by atoms with Crippen LogP contribution in [-0.2, 0) is 4.74 Å². The SMILES string of the molecule is C[C@@H]1CN(c2ccc(C(N)=O)cc2[N+](=O)[O-])C[C@@H](C)O1. The summed E-state index contributed by atoms with van der Waals surface area (Å²) in [7, 11) is 0. The van der Waals surface area contributed by atoms with Gasteiger partial charge < -0.3 is 15.4 Å². The Balaban J connectivity index is 2.40. The van der Waals surface area contributed by atoms with Gasteiger partial charge in [0.1, 0.15) is 5.69 Å². The highest BCUT2D eigenvalue weighted by Gasteiger charge is 2.27. The van der Waals surface area contributed by atoms with Crippen LogP contribution in [0.15, 0.2) is 18.2 Å². The summed E-state index contributed by atoms with van der Waals surface area (Å²) < 4.78 is 5.61. The van der Waals surface area contributed by atoms with E-state index in [1.54, 1.807) is 6.07 Å². The Morgan fingerprint density at radius 3 is 2.50 bits per heavy atom. The number of nitrogens with zero attached hydrogens (tertiary/aromatic N) is 2. The number of hydrogen-bond donors (Lipinski definition) is 1. The van der Waals surface area contributed by atoms with Crippen molar-refractivity contribution in [3.8, 4) is 0 Å². The second kappa shape index (κ2) is 5.46. The molecule has 1 fully saturated rings. The Labute approximate surface area is 116 Å². The molecule has 0 aromatic heterocycles. The number of carbonyl (C=O) groups excluding carboxylic acids is 1. The molecule has 1 aliphatic heterocycles. The largest absolute Gasteiger partial charge is 0.372 e. The summed E-state index contributed by atoms with van der Waals surface area (Å²) in [5.74, 6) is -0.677. The number of nitro benzene ring substituents is 1. The lowest BCUT2D eigenvalue weighted by Crippen LogP contribution is -2.45. The molecule has 20 heavy (non-hydrogen) atoms. The van der Waals surface area contributed by atoms with E-state index in [1.165, 1.54) is 12.1 Å². The first-order valence-corrected chi connectivity index (χ1v) is 6.37. The van der Waals surface area contributed by atoms with Gasteiger partial charge in [0.05, 0.1) is 17.1 Å². The quantitative estimate of drug-likeness (QED) is 0.664. The van der Waals surface area contributed by atoms with Gasteiger partial charge in [0.25, 0.3) is 5.69 Å². The summed E-state index contributed by atoms with van der Waals surface area (Å²) in [6.07, 6.45) is -0.0108. The minimum absolute atomic E-state index is 0.00540. The number of amides is 1. The van der Waals surface area contributed by atoms with Gasteiger partial charge >= 0.3 is 0 Å². The van der Waals surface area contributed by atoms with Gasteiger partial charge in [0.2, 0.25) is 5.91 Å². The van der Waals surface area contributed by atoms with Crippen LogP contribution in [0.1, 0.15) is 24.2 Å². The molecule has 2 atom stereocenters. The number of nitro groups is 1. The topological polar surface area (TPSA) is 98.7 Å². The van der Waals surface area contributed by atoms with Crippen molar-refractivity contribution in [3.05, 3.63) is 33.9 Å². The first kappa shape index (κ1) is 14.3. The zero-order chi connectivity index (χ0) is 14.9. The minimum Gasteiger partial charge on any atom is -0.372 e. The molecule has 1 heterocycles. The van der Waals surface area contributed by atoms with Crippen LogP contribution in [0.4, 0.5) is 11.4 Å². The molecule has 7 nitrogen and oxygen atoms in total. The summed E-state index contributed by atoms with van der Waals surface area (Å²) >= 11 is 0. The van der Waals surface area contributed by atoms with Crippen LogP contribution >= 0.6 is 0 Å². The lowest BCUT2D eigenvalue weighted by Gasteiger charge is -2.36. The van der Waals surface area contributed by atoms with Crippen molar-refractivity contribution in [2.45, 2.75) is 26.1 Å². The van der Waals surface area contributed by atoms with Crippen LogP contribution < -0.4 is 10.6 Å². The highest BCUT2D eigenvalue weighted by Crippen LogP contribution is 2.31. The van der Waals surface area contributed by atoms with Gasteiger partial charge in [-0.15, -0.1) is 0 Å². The lowest BCUT2D eigenvalue weighted by molar-refractivity contribution is -0.384. The van der Waals surface area contributed by atoms with Crippen LogP contribution in [0.2, 0.25) is 0 Å². The van der Waals surface area contributed by atoms with E-state index in [0.717, 1.165) is 0 Å². The van der Waals surface area contributed by atoms with E-state index in [-0.39, 0.29) is 23.5 Å². The van der Waals surface area contributed by atoms with Crippen LogP contribution in [0.25, 0.3) is 0 Å². The molecule has 0 saturated carbocycles. The standard InChI is InChI=1S/C13H17N3O4/c1-8-6-15(7-9(2)20-8)11-4-3-10(13(14)17)5-12(11)16(18)19/h3-5,8-9H,6-7H2,1-2H3,(H2,14,17)/t8-,9-/m1/s1. The van der Waals surface area contributed by atoms with Crippen molar-refractivity contribution in [1.82, 2.24) is 0 Å². The first-order chi connectivity index (χ1) is 9.38. The molecule has 1 aromatic carbocycles. The van der Waals surface area contributed by atoms with Crippen molar-refractivity contribution in [1.29, 1.82) is 0 Å². The number of carbonyl (C=O) groups is 1. The Kier molecular flexibility index (Phi) is 3.89. The predicted molar refractivity (Wildman–Crippen MR) is 73.8 cm³/mol. The summed E-state index contributed by atoms with van der Waals surface area (Å²) in [5.41, 5.74) is 5.67. The molecule has 2 N–H and O–H groups in total. The Bertz CT molecular complexity index is 536. The fourth-order valence-electron chi connectivity index (χ4n) is 2.46. The summed E-state index contributed by atoms with van der Waals surface area (Å²) in [5, 5.41) is 11.2. The van der Waals surface area contributed by atoms with E-state index in [1.807, 2.05) is 18.7 Å². The van der Waals surface area contributed by atoms with Gasteiger partial charge in [-0.05, 0) is 26.0 Å². The molecule has 108 valence electrons. The number of ether oxygens (including phenoxy) is 1. The molecular formula is C13H17N3O4. The van der Waals surface area contributed by atoms with Crippen LogP contribution in [-0.4, -0.2) is 36.1 Å². The van der Waals surface area contributed by atoms with Gasteiger partial charge in [-0.2, -0.15) is 0 Å². The summed E-state index contributed by atoms with van der Waals surface area (Å²) in [6, 6.07) is 4.31. The van der Waals surface area contributed by atoms with Gasteiger partial charge in [0, 0.05) is 24.7 Å². The van der Waals surface area contributed by atoms with Crippen LogP contribution in [0, 0.1) is 10.1 Å². The minimum atomic E-state index is -0.677. The van der Waals surface area contributed by atoms with E-state index in [4.69, 9.17) is 10.5 Å². The maximum Gasteiger partial charge on any atom is 0.293 e. The van der Waals surface area contributed by atoms with Gasteiger partial charge in [-0.1, -0.05) is 0 Å². The van der Waals surface area contributed by atoms with E-state index < -0.39 is 10.8 Å². The molecule has 1 aromatic rings. The molecule has 0 bridgehead atoms. The smallest absolute Gasteiger partial charge is 0.293 e. The summed E-state index contributed by atoms with van der Waals surface area (Å²) in [4.78, 5) is 23.7. The van der Waals surface area contributed by atoms with Gasteiger partial charge in [-0.25, -0.2) is 0 Å². The number of primary amides is 1. The fourth-order valence-corrected chi connectivity index (χ4v) is 2.46. The number of benzene rings is 1. The zero-order valence-corrected chi connectivity index (χ0v) is 11.4. The van der Waals surface area contributed by atoms with Crippen molar-refractivity contribution >= 4 is 17.3 Å². The third-order valence-corrected chi connectivity index (χ3v) is 3.22. The third kappa shape index (κ3) is 2.88. The average Bonchev–Trinajstić information content (AvgIpc) is 2.36. The molecular weight excluding hydrogens is 262 g/mol. The van der Waals surface area contributed by atoms with E-state index in [0.29, 0.717) is 18.8 Å². The van der Waals surface area contributed by atoms with Crippen molar-refractivity contribution < 1.29 is 14.5 Å². The number of anilines is 1. The number of nitrogens with two attached hydrogens (primary N) is 1. The van der Waals surface area contributed by atoms with Gasteiger partial charge in [-0.3, -0.25) is 14.9 Å². The lowest BCUT2D eigenvalue weighted by atomic mass is 10.1. The number of rotatable bonds is 3. The molecule has 0 spiro atoms. The Morgan fingerprint density at radius 2 is 2.00 bits per heavy atom. The molecule has 7 heteroatoms. The number of hydrogen-bond acceptors (Lipinski definition) is 5. The highest BCUT2D eigenvalue weighted by atomic mass is 16.6. The monoisotopic (exact) mass is 279 g/mol. The summed E-state index contributed by atoms with van der Waals surface area (Å²) in [6.45, 7) is 4.99. The second-order valence-electron chi connectivity index (χ2n) is 4.99. The average molecular weight is 279 g/mol. The Morgan fingerprint density at radius 1 is 1.40 bits per heavy atom. The van der Waals surface area contributed by atoms with Crippen molar-refractivity contribution in [2.75, 3.05) is 18.0 Å². The fraction of sp³-hybridized carbons (Fsp3) is 0.462. The van der Waals surface area contributed by atoms with Crippen LogP contribution in [0.3, 0.4) is 0 Å². The molecule has 0 radical (unpaired) electrons. The first-order valence-electron chi connectivity index (χ1n) is 6.37. The molecule has 2 rings (SSSR count). The molecule has 0 unspecified atom stereocenters. The predicted octanol–water partition coefficient (Wildman–Crippen LogP) is 1.31. The maximum atomic E-state index is 11.2. The van der Waals surface area contributed by atoms with E-state index in [2.05, 4.69) is 0 Å². The zero-order valence-electron chi connectivity index (χ0n) is 11.4. The molecule has 0 aliphatic carbocycles. The van der Waals surface area contributed by atoms with E-state index >= 15 is 0 Å². The van der Waals surface area contributed by atoms with Crippen molar-refractivity contribution in [2.24, 2.45) is 5.73 Å². The van der Waals surface area contributed by atoms with Crippen molar-refractivity contribution in [3.63, 3.8) is 0 Å². The third-order valence-electron chi connectivity index (χ3n) is 3.22. The van der Waals surface area contributed by atoms with Crippen LogP contribution in [0.5, 0.6) is 0 Å². The highest BCUT2D eigenvalue weighted by molar-refractivity contribution is 5.94. The molecule has 1 saturated heterocycles. The Hall–Kier alpha value is -2.15. The normalized spacial score (nSPS) is 22.6.